The van der Waals surface area contributed by atoms with Crippen molar-refractivity contribution in [3.8, 4) is 5.75 Å². The molecule has 2 rings (SSSR count). The Bertz CT molecular complexity index is 524. The first-order valence-electron chi connectivity index (χ1n) is 7.94. The van der Waals surface area contributed by atoms with Crippen LogP contribution in [-0.2, 0) is 9.59 Å². The Hall–Kier alpha value is -1.59. The van der Waals surface area contributed by atoms with Gasteiger partial charge in [0.05, 0.1) is 12.5 Å². The molecule has 0 radical (unpaired) electrons. The number of aliphatic carboxylic acids is 1. The average molecular weight is 340 g/mol. The molecule has 5 nitrogen and oxygen atoms in total. The van der Waals surface area contributed by atoms with Crippen LogP contribution in [0.3, 0.4) is 0 Å². The predicted molar refractivity (Wildman–Crippen MR) is 87.7 cm³/mol. The van der Waals surface area contributed by atoms with Gasteiger partial charge in [-0.3, -0.25) is 9.59 Å². The van der Waals surface area contributed by atoms with Gasteiger partial charge in [-0.1, -0.05) is 11.6 Å². The highest BCUT2D eigenvalue weighted by molar-refractivity contribution is 6.30. The lowest BCUT2D eigenvalue weighted by Gasteiger charge is -2.25. The van der Waals surface area contributed by atoms with Crippen LogP contribution in [0.15, 0.2) is 24.3 Å². The topological polar surface area (TPSA) is 75.6 Å². The average Bonchev–Trinajstić information content (AvgIpc) is 2.54. The zero-order valence-electron chi connectivity index (χ0n) is 13.0. The lowest BCUT2D eigenvalue weighted by Crippen LogP contribution is -2.29. The van der Waals surface area contributed by atoms with Crippen LogP contribution in [0.25, 0.3) is 0 Å². The van der Waals surface area contributed by atoms with Gasteiger partial charge >= 0.3 is 11.9 Å². The number of carbonyl (C=O) groups is 2. The lowest BCUT2D eigenvalue weighted by atomic mass is 9.80. The molecule has 1 saturated carbocycles. The van der Waals surface area contributed by atoms with Crippen molar-refractivity contribution in [1.82, 2.24) is 5.32 Å². The fraction of sp³-hybridized carbons (Fsp3) is 0.529. The fourth-order valence-electron chi connectivity index (χ4n) is 2.86. The Labute approximate surface area is 141 Å². The number of benzene rings is 1. The molecule has 0 atom stereocenters. The molecule has 0 saturated heterocycles. The van der Waals surface area contributed by atoms with Crippen LogP contribution in [0.1, 0.15) is 32.1 Å². The summed E-state index contributed by atoms with van der Waals surface area (Å²) in [6, 6.07) is 6.65. The zero-order chi connectivity index (χ0) is 16.7. The van der Waals surface area contributed by atoms with Gasteiger partial charge in [-0.2, -0.15) is 0 Å². The van der Waals surface area contributed by atoms with E-state index in [2.05, 4.69) is 5.32 Å². The second kappa shape index (κ2) is 8.89. The second-order valence-corrected chi connectivity index (χ2v) is 6.39. The monoisotopic (exact) mass is 339 g/mol. The molecule has 0 unspecified atom stereocenters. The van der Waals surface area contributed by atoms with Crippen molar-refractivity contribution in [3.05, 3.63) is 29.3 Å². The van der Waals surface area contributed by atoms with E-state index in [4.69, 9.17) is 21.4 Å². The maximum Gasteiger partial charge on any atom is 0.325 e. The van der Waals surface area contributed by atoms with Crippen LogP contribution < -0.4 is 10.1 Å². The molecule has 0 heterocycles. The van der Waals surface area contributed by atoms with Crippen LogP contribution in [0.4, 0.5) is 0 Å². The Morgan fingerprint density at radius 3 is 2.43 bits per heavy atom. The molecule has 0 amide bonds. The molecule has 2 N–H and O–H groups in total. The first-order valence-corrected chi connectivity index (χ1v) is 8.32. The number of esters is 1. The summed E-state index contributed by atoms with van der Waals surface area (Å²) in [6.07, 6.45) is 4.39. The third kappa shape index (κ3) is 6.20. The molecular formula is C17H22ClNO4. The van der Waals surface area contributed by atoms with Gasteiger partial charge in [0, 0.05) is 5.02 Å². The highest BCUT2D eigenvalue weighted by Crippen LogP contribution is 2.30. The van der Waals surface area contributed by atoms with E-state index in [-0.39, 0.29) is 18.4 Å². The van der Waals surface area contributed by atoms with Crippen molar-refractivity contribution in [2.45, 2.75) is 32.1 Å². The van der Waals surface area contributed by atoms with Crippen LogP contribution in [0, 0.1) is 11.8 Å². The molecule has 0 aliphatic heterocycles. The maximum atomic E-state index is 11.7. The van der Waals surface area contributed by atoms with Crippen LogP contribution in [0.5, 0.6) is 5.75 Å². The van der Waals surface area contributed by atoms with Gasteiger partial charge in [0.15, 0.2) is 0 Å². The summed E-state index contributed by atoms with van der Waals surface area (Å²) < 4.78 is 5.18. The predicted octanol–water partition coefficient (Wildman–Crippen LogP) is 3.12. The molecule has 0 aromatic heterocycles. The standard InChI is InChI=1S/C17H22ClNO4/c18-14-5-7-15(8-6-14)23-16(20)11-19-10-9-12-1-3-13(4-2-12)17(21)22/h5-8,12-13,19H,1-4,9-11H2,(H,21,22)/t12-,13-. The Kier molecular flexibility index (Phi) is 6.86. The van der Waals surface area contributed by atoms with Crippen LogP contribution >= 0.6 is 11.6 Å². The number of ether oxygens (including phenoxy) is 1. The lowest BCUT2D eigenvalue weighted by molar-refractivity contribution is -0.143. The molecule has 1 fully saturated rings. The number of hydrogen-bond donors (Lipinski definition) is 2. The fourth-order valence-corrected chi connectivity index (χ4v) is 2.99. The number of halogens is 1. The number of carbonyl (C=O) groups excluding carboxylic acids is 1. The van der Waals surface area contributed by atoms with E-state index in [1.807, 2.05) is 0 Å². The number of rotatable bonds is 7. The summed E-state index contributed by atoms with van der Waals surface area (Å²) in [5.41, 5.74) is 0. The number of nitrogens with one attached hydrogen (secondary N) is 1. The highest BCUT2D eigenvalue weighted by Gasteiger charge is 2.25. The SMILES string of the molecule is O=C(CNCC[C@H]1CC[C@H](C(=O)O)CC1)Oc1ccc(Cl)cc1. The van der Waals surface area contributed by atoms with E-state index < -0.39 is 5.97 Å². The van der Waals surface area contributed by atoms with Crippen molar-refractivity contribution in [3.63, 3.8) is 0 Å². The highest BCUT2D eigenvalue weighted by atomic mass is 35.5. The first kappa shape index (κ1) is 17.8. The first-order chi connectivity index (χ1) is 11.0. The molecule has 126 valence electrons. The van der Waals surface area contributed by atoms with Crippen molar-refractivity contribution in [2.24, 2.45) is 11.8 Å². The van der Waals surface area contributed by atoms with Gasteiger partial charge in [0.1, 0.15) is 5.75 Å². The molecule has 1 aromatic carbocycles. The van der Waals surface area contributed by atoms with Crippen molar-refractivity contribution in [2.75, 3.05) is 13.1 Å². The third-order valence-corrected chi connectivity index (χ3v) is 4.49. The van der Waals surface area contributed by atoms with E-state index in [1.165, 1.54) is 0 Å². The van der Waals surface area contributed by atoms with Crippen LogP contribution in [-0.4, -0.2) is 30.1 Å². The van der Waals surface area contributed by atoms with Gasteiger partial charge in [-0.25, -0.2) is 0 Å². The van der Waals surface area contributed by atoms with E-state index in [1.54, 1.807) is 24.3 Å². The maximum absolute atomic E-state index is 11.7. The van der Waals surface area contributed by atoms with Crippen molar-refractivity contribution in [1.29, 1.82) is 0 Å². The number of hydrogen-bond acceptors (Lipinski definition) is 4. The van der Waals surface area contributed by atoms with E-state index in [9.17, 15) is 9.59 Å². The van der Waals surface area contributed by atoms with Gasteiger partial charge < -0.3 is 15.2 Å². The summed E-state index contributed by atoms with van der Waals surface area (Å²) in [6.45, 7) is 0.894. The minimum Gasteiger partial charge on any atom is -0.481 e. The summed E-state index contributed by atoms with van der Waals surface area (Å²) in [5, 5.41) is 12.6. The molecule has 6 heteroatoms. The quantitative estimate of drug-likeness (QED) is 0.453. The van der Waals surface area contributed by atoms with E-state index >= 15 is 0 Å². The smallest absolute Gasteiger partial charge is 0.325 e. The molecule has 0 spiro atoms. The van der Waals surface area contributed by atoms with Crippen LogP contribution in [0.2, 0.25) is 5.02 Å². The molecule has 1 aliphatic carbocycles. The van der Waals surface area contributed by atoms with Crippen molar-refractivity contribution >= 4 is 23.5 Å². The van der Waals surface area contributed by atoms with Crippen molar-refractivity contribution < 1.29 is 19.4 Å². The minimum absolute atomic E-state index is 0.160. The molecule has 0 bridgehead atoms. The van der Waals surface area contributed by atoms with Gasteiger partial charge in [0.25, 0.3) is 0 Å². The Morgan fingerprint density at radius 1 is 1.17 bits per heavy atom. The second-order valence-electron chi connectivity index (χ2n) is 5.95. The molecule has 1 aromatic rings. The normalized spacial score (nSPS) is 20.9. The Morgan fingerprint density at radius 2 is 1.83 bits per heavy atom. The number of carboxylic acids is 1. The molecule has 23 heavy (non-hydrogen) atoms. The van der Waals surface area contributed by atoms with E-state index in [0.29, 0.717) is 16.7 Å². The summed E-state index contributed by atoms with van der Waals surface area (Å²) in [5.74, 6) is -0.152. The summed E-state index contributed by atoms with van der Waals surface area (Å²) >= 11 is 5.77. The summed E-state index contributed by atoms with van der Waals surface area (Å²) in [7, 11) is 0. The zero-order valence-corrected chi connectivity index (χ0v) is 13.7. The molecule has 1 aliphatic rings. The van der Waals surface area contributed by atoms with E-state index in [0.717, 1.165) is 38.6 Å². The van der Waals surface area contributed by atoms with Gasteiger partial charge in [0.2, 0.25) is 0 Å². The summed E-state index contributed by atoms with van der Waals surface area (Å²) in [4.78, 5) is 22.6. The largest absolute Gasteiger partial charge is 0.481 e. The minimum atomic E-state index is -0.675. The molecular weight excluding hydrogens is 318 g/mol. The number of carboxylic acid groups (broad SMARTS) is 1. The third-order valence-electron chi connectivity index (χ3n) is 4.24. The Balaban J connectivity index is 1.57. The van der Waals surface area contributed by atoms with Gasteiger partial charge in [-0.15, -0.1) is 0 Å². The van der Waals surface area contributed by atoms with Gasteiger partial charge in [-0.05, 0) is 68.8 Å².